The van der Waals surface area contributed by atoms with Crippen molar-refractivity contribution in [2.24, 2.45) is 11.7 Å². The zero-order valence-corrected chi connectivity index (χ0v) is 9.98. The van der Waals surface area contributed by atoms with Crippen molar-refractivity contribution >= 4 is 11.8 Å². The minimum absolute atomic E-state index is 0.0361. The molecule has 1 aromatic carbocycles. The molecule has 0 heterocycles. The van der Waals surface area contributed by atoms with Crippen molar-refractivity contribution < 1.29 is 9.53 Å². The van der Waals surface area contributed by atoms with E-state index in [0.717, 1.165) is 24.1 Å². The first-order valence-electron chi connectivity index (χ1n) is 5.91. The van der Waals surface area contributed by atoms with E-state index < -0.39 is 0 Å². The van der Waals surface area contributed by atoms with Crippen LogP contribution in [0.4, 0.5) is 10.5 Å². The molecule has 0 aliphatic heterocycles. The maximum Gasteiger partial charge on any atom is 0.411 e. The van der Waals surface area contributed by atoms with Crippen molar-refractivity contribution in [2.45, 2.75) is 25.9 Å². The Morgan fingerprint density at radius 1 is 1.41 bits per heavy atom. The Kier molecular flexibility index (Phi) is 3.64. The molecule has 1 amide bonds. The van der Waals surface area contributed by atoms with Gasteiger partial charge in [0.2, 0.25) is 0 Å². The lowest BCUT2D eigenvalue weighted by Gasteiger charge is -2.33. The van der Waals surface area contributed by atoms with E-state index in [1.165, 1.54) is 0 Å². The van der Waals surface area contributed by atoms with E-state index in [2.05, 4.69) is 5.32 Å². The Hall–Kier alpha value is -1.55. The first-order valence-corrected chi connectivity index (χ1v) is 5.91. The number of carbonyl (C=O) groups excluding carboxylic acids is 1. The van der Waals surface area contributed by atoms with Crippen LogP contribution in [0.1, 0.15) is 18.4 Å². The van der Waals surface area contributed by atoms with Crippen LogP contribution in [0, 0.1) is 12.8 Å². The topological polar surface area (TPSA) is 64.3 Å². The highest BCUT2D eigenvalue weighted by molar-refractivity contribution is 5.84. The molecule has 1 aliphatic carbocycles. The molecular weight excluding hydrogens is 216 g/mol. The molecule has 0 spiro atoms. The zero-order valence-electron chi connectivity index (χ0n) is 9.98. The van der Waals surface area contributed by atoms with Gasteiger partial charge in [-0.1, -0.05) is 17.7 Å². The summed E-state index contributed by atoms with van der Waals surface area (Å²) in [4.78, 5) is 11.5. The molecule has 0 aromatic heterocycles. The van der Waals surface area contributed by atoms with Crippen molar-refractivity contribution in [3.63, 3.8) is 0 Å². The highest BCUT2D eigenvalue weighted by Gasteiger charge is 2.30. The normalized spacial score (nSPS) is 22.7. The average Bonchev–Trinajstić information content (AvgIpc) is 2.26. The number of carbonyl (C=O) groups is 1. The quantitative estimate of drug-likeness (QED) is 0.843. The maximum absolute atomic E-state index is 11.5. The molecule has 4 heteroatoms. The van der Waals surface area contributed by atoms with E-state index in [0.29, 0.717) is 12.5 Å². The highest BCUT2D eigenvalue weighted by atomic mass is 16.6. The SMILES string of the molecule is Cc1ccc(NC(=O)OC2CC(CN)C2)cc1. The second kappa shape index (κ2) is 5.19. The van der Waals surface area contributed by atoms with Crippen LogP contribution in [0.25, 0.3) is 0 Å². The van der Waals surface area contributed by atoms with Crippen LogP contribution in [-0.2, 0) is 4.74 Å². The van der Waals surface area contributed by atoms with Crippen LogP contribution in [0.3, 0.4) is 0 Å². The average molecular weight is 234 g/mol. The number of nitrogens with one attached hydrogen (secondary N) is 1. The molecule has 0 unspecified atom stereocenters. The van der Waals surface area contributed by atoms with Crippen molar-refractivity contribution in [3.8, 4) is 0 Å². The molecule has 92 valence electrons. The molecule has 1 aromatic rings. The van der Waals surface area contributed by atoms with Gasteiger partial charge in [-0.25, -0.2) is 4.79 Å². The Morgan fingerprint density at radius 2 is 2.06 bits per heavy atom. The summed E-state index contributed by atoms with van der Waals surface area (Å²) in [6, 6.07) is 7.62. The predicted molar refractivity (Wildman–Crippen MR) is 66.8 cm³/mol. The van der Waals surface area contributed by atoms with Gasteiger partial charge in [0.05, 0.1) is 0 Å². The first-order chi connectivity index (χ1) is 8.17. The molecule has 0 bridgehead atoms. The summed E-state index contributed by atoms with van der Waals surface area (Å²) in [6.07, 6.45) is 1.43. The number of hydrogen-bond donors (Lipinski definition) is 2. The lowest BCUT2D eigenvalue weighted by atomic mass is 9.82. The number of benzene rings is 1. The van der Waals surface area contributed by atoms with Gasteiger partial charge in [-0.3, -0.25) is 5.32 Å². The van der Waals surface area contributed by atoms with Crippen LogP contribution >= 0.6 is 0 Å². The van der Waals surface area contributed by atoms with E-state index in [9.17, 15) is 4.79 Å². The Morgan fingerprint density at radius 3 is 2.65 bits per heavy atom. The summed E-state index contributed by atoms with van der Waals surface area (Å²) in [5.74, 6) is 0.521. The summed E-state index contributed by atoms with van der Waals surface area (Å²) in [5, 5.41) is 2.71. The Balaban J connectivity index is 1.76. The second-order valence-electron chi connectivity index (χ2n) is 4.59. The van der Waals surface area contributed by atoms with Crippen molar-refractivity contribution in [2.75, 3.05) is 11.9 Å². The van der Waals surface area contributed by atoms with Gasteiger partial charge in [-0.05, 0) is 44.4 Å². The van der Waals surface area contributed by atoms with Crippen LogP contribution < -0.4 is 11.1 Å². The van der Waals surface area contributed by atoms with Crippen molar-refractivity contribution in [1.29, 1.82) is 0 Å². The standard InChI is InChI=1S/C13H18N2O2/c1-9-2-4-11(5-3-9)15-13(16)17-12-6-10(7-12)8-14/h2-5,10,12H,6-8,14H2,1H3,(H,15,16). The second-order valence-corrected chi connectivity index (χ2v) is 4.59. The molecule has 1 fully saturated rings. The van der Waals surface area contributed by atoms with Gasteiger partial charge in [0.25, 0.3) is 0 Å². The van der Waals surface area contributed by atoms with Gasteiger partial charge >= 0.3 is 6.09 Å². The molecule has 0 atom stereocenters. The number of amides is 1. The largest absolute Gasteiger partial charge is 0.446 e. The van der Waals surface area contributed by atoms with Crippen molar-refractivity contribution in [3.05, 3.63) is 29.8 Å². The molecule has 0 radical (unpaired) electrons. The van der Waals surface area contributed by atoms with E-state index in [4.69, 9.17) is 10.5 Å². The molecule has 1 saturated carbocycles. The third-order valence-corrected chi connectivity index (χ3v) is 3.10. The maximum atomic E-state index is 11.5. The smallest absolute Gasteiger partial charge is 0.411 e. The van der Waals surface area contributed by atoms with Gasteiger partial charge in [0, 0.05) is 5.69 Å². The van der Waals surface area contributed by atoms with E-state index in [-0.39, 0.29) is 12.2 Å². The molecule has 17 heavy (non-hydrogen) atoms. The molecule has 1 aliphatic rings. The van der Waals surface area contributed by atoms with Gasteiger partial charge < -0.3 is 10.5 Å². The Bertz CT molecular complexity index is 383. The molecule has 3 N–H and O–H groups in total. The van der Waals surface area contributed by atoms with Crippen molar-refractivity contribution in [1.82, 2.24) is 0 Å². The third-order valence-electron chi connectivity index (χ3n) is 3.10. The van der Waals surface area contributed by atoms with Crippen LogP contribution in [0.2, 0.25) is 0 Å². The fraction of sp³-hybridized carbons (Fsp3) is 0.462. The van der Waals surface area contributed by atoms with Gasteiger partial charge in [0.1, 0.15) is 6.10 Å². The number of aryl methyl sites for hydroxylation is 1. The number of hydrogen-bond acceptors (Lipinski definition) is 3. The summed E-state index contributed by atoms with van der Waals surface area (Å²) in [5.41, 5.74) is 7.43. The van der Waals surface area contributed by atoms with Crippen LogP contribution in [0.5, 0.6) is 0 Å². The van der Waals surface area contributed by atoms with Gasteiger partial charge in [-0.15, -0.1) is 0 Å². The highest BCUT2D eigenvalue weighted by Crippen LogP contribution is 2.29. The predicted octanol–water partition coefficient (Wildman–Crippen LogP) is 2.28. The Labute approximate surface area is 101 Å². The summed E-state index contributed by atoms with van der Waals surface area (Å²) in [6.45, 7) is 2.68. The lowest BCUT2D eigenvalue weighted by Crippen LogP contribution is -2.38. The van der Waals surface area contributed by atoms with E-state index in [1.54, 1.807) is 0 Å². The first kappa shape index (κ1) is 11.9. The summed E-state index contributed by atoms with van der Waals surface area (Å²) < 4.78 is 5.25. The monoisotopic (exact) mass is 234 g/mol. The molecule has 2 rings (SSSR count). The fourth-order valence-electron chi connectivity index (χ4n) is 1.90. The summed E-state index contributed by atoms with van der Waals surface area (Å²) >= 11 is 0. The number of ether oxygens (including phenoxy) is 1. The molecule has 0 saturated heterocycles. The minimum Gasteiger partial charge on any atom is -0.446 e. The van der Waals surface area contributed by atoms with Crippen LogP contribution in [0.15, 0.2) is 24.3 Å². The van der Waals surface area contributed by atoms with E-state index in [1.807, 2.05) is 31.2 Å². The van der Waals surface area contributed by atoms with Gasteiger partial charge in [-0.2, -0.15) is 0 Å². The van der Waals surface area contributed by atoms with Crippen LogP contribution in [-0.4, -0.2) is 18.7 Å². The number of anilines is 1. The fourth-order valence-corrected chi connectivity index (χ4v) is 1.90. The zero-order chi connectivity index (χ0) is 12.3. The lowest BCUT2D eigenvalue weighted by molar-refractivity contribution is 0.0278. The number of rotatable bonds is 3. The molecule has 4 nitrogen and oxygen atoms in total. The van der Waals surface area contributed by atoms with Gasteiger partial charge in [0.15, 0.2) is 0 Å². The minimum atomic E-state index is -0.380. The summed E-state index contributed by atoms with van der Waals surface area (Å²) in [7, 11) is 0. The third kappa shape index (κ3) is 3.20. The molecular formula is C13H18N2O2. The number of nitrogens with two attached hydrogens (primary N) is 1. The van der Waals surface area contributed by atoms with E-state index >= 15 is 0 Å².